The van der Waals surface area contributed by atoms with E-state index in [2.05, 4.69) is 64.8 Å². The first-order chi connectivity index (χ1) is 8.26. The fourth-order valence-corrected chi connectivity index (χ4v) is 2.19. The molecule has 1 rings (SSSR count). The Balaban J connectivity index is 2.97. The quantitative estimate of drug-likeness (QED) is 0.863. The zero-order chi connectivity index (χ0) is 13.9. The van der Waals surface area contributed by atoms with Crippen molar-refractivity contribution in [1.29, 1.82) is 0 Å². The van der Waals surface area contributed by atoms with Gasteiger partial charge >= 0.3 is 0 Å². The van der Waals surface area contributed by atoms with Crippen molar-refractivity contribution < 1.29 is 0 Å². The lowest BCUT2D eigenvalue weighted by Gasteiger charge is -2.31. The highest BCUT2D eigenvalue weighted by atomic mass is 15.1. The largest absolute Gasteiger partial charge is 0.374 e. The lowest BCUT2D eigenvalue weighted by Crippen LogP contribution is -2.37. The lowest BCUT2D eigenvalue weighted by atomic mass is 9.92. The minimum Gasteiger partial charge on any atom is -0.374 e. The number of nitrogens with zero attached hydrogens (tertiary/aromatic N) is 1. The van der Waals surface area contributed by atoms with Crippen LogP contribution >= 0.6 is 0 Å². The average molecular weight is 248 g/mol. The summed E-state index contributed by atoms with van der Waals surface area (Å²) in [5.41, 5.74) is 10.0. The highest BCUT2D eigenvalue weighted by Gasteiger charge is 2.19. The number of rotatable bonds is 5. The van der Waals surface area contributed by atoms with Crippen LogP contribution in [0.15, 0.2) is 18.2 Å². The molecular formula is C16H28N2. The third-order valence-electron chi connectivity index (χ3n) is 3.53. The summed E-state index contributed by atoms with van der Waals surface area (Å²) in [6.07, 6.45) is 0. The van der Waals surface area contributed by atoms with Gasteiger partial charge in [0.05, 0.1) is 0 Å². The van der Waals surface area contributed by atoms with E-state index in [9.17, 15) is 0 Å². The molecular weight excluding hydrogens is 220 g/mol. The van der Waals surface area contributed by atoms with Crippen molar-refractivity contribution in [1.82, 2.24) is 0 Å². The van der Waals surface area contributed by atoms with E-state index in [4.69, 9.17) is 5.73 Å². The molecule has 0 aliphatic rings. The number of anilines is 1. The van der Waals surface area contributed by atoms with Crippen molar-refractivity contribution in [2.45, 2.75) is 40.5 Å². The lowest BCUT2D eigenvalue weighted by molar-refractivity contribution is 0.385. The predicted octanol–water partition coefficient (Wildman–Crippen LogP) is 3.54. The smallest absolute Gasteiger partial charge is 0.0396 e. The van der Waals surface area contributed by atoms with Gasteiger partial charge in [0.25, 0.3) is 0 Å². The van der Waals surface area contributed by atoms with Crippen LogP contribution in [0.3, 0.4) is 0 Å². The first kappa shape index (κ1) is 15.0. The van der Waals surface area contributed by atoms with Gasteiger partial charge in [0.2, 0.25) is 0 Å². The molecule has 2 heteroatoms. The van der Waals surface area contributed by atoms with Gasteiger partial charge in [-0.2, -0.15) is 0 Å². The van der Waals surface area contributed by atoms with Crippen LogP contribution in [0.1, 0.15) is 44.7 Å². The first-order valence-electron chi connectivity index (χ1n) is 6.78. The second-order valence-electron chi connectivity index (χ2n) is 6.43. The molecule has 1 aromatic rings. The number of benzene rings is 1. The summed E-state index contributed by atoms with van der Waals surface area (Å²) in [6.45, 7) is 12.8. The summed E-state index contributed by atoms with van der Waals surface area (Å²) in [4.78, 5) is 2.33. The number of aryl methyl sites for hydroxylation is 1. The van der Waals surface area contributed by atoms with Gasteiger partial charge < -0.3 is 10.6 Å². The van der Waals surface area contributed by atoms with E-state index in [-0.39, 0.29) is 5.41 Å². The second kappa shape index (κ2) is 5.75. The van der Waals surface area contributed by atoms with E-state index < -0.39 is 0 Å². The van der Waals surface area contributed by atoms with Crippen LogP contribution < -0.4 is 10.6 Å². The second-order valence-corrected chi connectivity index (χ2v) is 6.43. The molecule has 0 bridgehead atoms. The number of hydrogen-bond acceptors (Lipinski definition) is 2. The van der Waals surface area contributed by atoms with Crippen LogP contribution in [-0.2, 0) is 0 Å². The molecule has 0 fully saturated rings. The van der Waals surface area contributed by atoms with Crippen molar-refractivity contribution in [2.75, 3.05) is 25.0 Å². The molecule has 0 aliphatic carbocycles. The molecule has 0 unspecified atom stereocenters. The van der Waals surface area contributed by atoms with Gasteiger partial charge in [-0.15, -0.1) is 0 Å². The minimum absolute atomic E-state index is 0.148. The molecule has 2 N–H and O–H groups in total. The van der Waals surface area contributed by atoms with E-state index in [0.717, 1.165) is 6.54 Å². The maximum absolute atomic E-state index is 5.82. The molecule has 0 aliphatic heterocycles. The van der Waals surface area contributed by atoms with Gasteiger partial charge in [-0.1, -0.05) is 39.8 Å². The van der Waals surface area contributed by atoms with Crippen molar-refractivity contribution >= 4 is 5.69 Å². The van der Waals surface area contributed by atoms with Crippen LogP contribution in [0.2, 0.25) is 0 Å². The first-order valence-corrected chi connectivity index (χ1v) is 6.78. The van der Waals surface area contributed by atoms with E-state index in [1.54, 1.807) is 0 Å². The monoisotopic (exact) mass is 248 g/mol. The number of nitrogens with two attached hydrogens (primary N) is 1. The predicted molar refractivity (Wildman–Crippen MR) is 81.4 cm³/mol. The van der Waals surface area contributed by atoms with Crippen molar-refractivity contribution in [2.24, 2.45) is 11.1 Å². The molecule has 0 radical (unpaired) electrons. The Bertz CT molecular complexity index is 394. The average Bonchev–Trinajstić information content (AvgIpc) is 2.28. The highest BCUT2D eigenvalue weighted by molar-refractivity contribution is 5.55. The number of hydrogen-bond donors (Lipinski definition) is 1. The van der Waals surface area contributed by atoms with Crippen LogP contribution in [-0.4, -0.2) is 20.1 Å². The molecule has 0 spiro atoms. The third-order valence-corrected chi connectivity index (χ3v) is 3.53. The molecule has 0 heterocycles. The summed E-state index contributed by atoms with van der Waals surface area (Å²) in [5, 5.41) is 0. The van der Waals surface area contributed by atoms with Crippen molar-refractivity contribution in [3.05, 3.63) is 29.3 Å². The van der Waals surface area contributed by atoms with Gasteiger partial charge in [0, 0.05) is 19.3 Å². The van der Waals surface area contributed by atoms with Crippen molar-refractivity contribution in [3.8, 4) is 0 Å². The molecule has 0 saturated carbocycles. The SMILES string of the molecule is Cc1ccc(C(C)C)cc1N(C)CC(C)(C)CN. The maximum Gasteiger partial charge on any atom is 0.0396 e. The standard InChI is InChI=1S/C16H28N2/c1-12(2)14-8-7-13(3)15(9-14)18(6)11-16(4,5)10-17/h7-9,12H,10-11,17H2,1-6H3. The summed E-state index contributed by atoms with van der Waals surface area (Å²) >= 11 is 0. The Kier molecular flexibility index (Phi) is 4.80. The zero-order valence-electron chi connectivity index (χ0n) is 12.7. The molecule has 2 nitrogen and oxygen atoms in total. The Hall–Kier alpha value is -1.02. The molecule has 18 heavy (non-hydrogen) atoms. The van der Waals surface area contributed by atoms with Gasteiger partial charge in [-0.25, -0.2) is 0 Å². The molecule has 0 amide bonds. The maximum atomic E-state index is 5.82. The van der Waals surface area contributed by atoms with Gasteiger partial charge in [-0.3, -0.25) is 0 Å². The van der Waals surface area contributed by atoms with Gasteiger partial charge in [0.1, 0.15) is 0 Å². The molecule has 0 aromatic heterocycles. The topological polar surface area (TPSA) is 29.3 Å². The van der Waals surface area contributed by atoms with Crippen LogP contribution in [0, 0.1) is 12.3 Å². The zero-order valence-corrected chi connectivity index (χ0v) is 12.7. The van der Waals surface area contributed by atoms with Gasteiger partial charge in [-0.05, 0) is 42.0 Å². The van der Waals surface area contributed by atoms with Crippen LogP contribution in [0.5, 0.6) is 0 Å². The Morgan fingerprint density at radius 3 is 2.39 bits per heavy atom. The Labute approximate surface area is 112 Å². The summed E-state index contributed by atoms with van der Waals surface area (Å²) < 4.78 is 0. The molecule has 102 valence electrons. The minimum atomic E-state index is 0.148. The third kappa shape index (κ3) is 3.74. The van der Waals surface area contributed by atoms with E-state index >= 15 is 0 Å². The van der Waals surface area contributed by atoms with Crippen LogP contribution in [0.25, 0.3) is 0 Å². The van der Waals surface area contributed by atoms with Crippen molar-refractivity contribution in [3.63, 3.8) is 0 Å². The molecule has 1 aromatic carbocycles. The summed E-state index contributed by atoms with van der Waals surface area (Å²) in [7, 11) is 2.16. The normalized spacial score (nSPS) is 12.0. The summed E-state index contributed by atoms with van der Waals surface area (Å²) in [6, 6.07) is 6.76. The summed E-state index contributed by atoms with van der Waals surface area (Å²) in [5.74, 6) is 0.570. The van der Waals surface area contributed by atoms with E-state index in [1.165, 1.54) is 16.8 Å². The van der Waals surface area contributed by atoms with Gasteiger partial charge in [0.15, 0.2) is 0 Å². The molecule has 0 saturated heterocycles. The Morgan fingerprint density at radius 1 is 1.28 bits per heavy atom. The van der Waals surface area contributed by atoms with E-state index in [0.29, 0.717) is 12.5 Å². The fraction of sp³-hybridized carbons (Fsp3) is 0.625. The molecule has 0 atom stereocenters. The van der Waals surface area contributed by atoms with Crippen LogP contribution in [0.4, 0.5) is 5.69 Å². The highest BCUT2D eigenvalue weighted by Crippen LogP contribution is 2.27. The fourth-order valence-electron chi connectivity index (χ4n) is 2.19. The van der Waals surface area contributed by atoms with E-state index in [1.807, 2.05) is 0 Å². The Morgan fingerprint density at radius 2 is 1.89 bits per heavy atom.